The fourth-order valence-electron chi connectivity index (χ4n) is 2.83. The third-order valence-electron chi connectivity index (χ3n) is 4.25. The highest BCUT2D eigenvalue weighted by Crippen LogP contribution is 2.26. The number of nitrogens with two attached hydrogens (primary N) is 1. The van der Waals surface area contributed by atoms with E-state index in [1.165, 1.54) is 24.8 Å². The van der Waals surface area contributed by atoms with Crippen molar-refractivity contribution in [3.63, 3.8) is 0 Å². The first kappa shape index (κ1) is 14.3. The summed E-state index contributed by atoms with van der Waals surface area (Å²) in [4.78, 5) is 6.89. The molecule has 3 nitrogen and oxygen atoms in total. The number of hydrogen-bond acceptors (Lipinski definition) is 3. The van der Waals surface area contributed by atoms with Gasteiger partial charge in [0.15, 0.2) is 0 Å². The Morgan fingerprint density at radius 2 is 1.89 bits per heavy atom. The third-order valence-corrected chi connectivity index (χ3v) is 4.25. The van der Waals surface area contributed by atoms with E-state index in [0.29, 0.717) is 6.04 Å². The Balaban J connectivity index is 2.13. The van der Waals surface area contributed by atoms with Crippen LogP contribution in [0.5, 0.6) is 0 Å². The Kier molecular flexibility index (Phi) is 4.14. The second-order valence-corrected chi connectivity index (χ2v) is 6.78. The van der Waals surface area contributed by atoms with Gasteiger partial charge in [-0.3, -0.25) is 0 Å². The van der Waals surface area contributed by atoms with Gasteiger partial charge in [-0.15, -0.1) is 0 Å². The number of likely N-dealkylation sites (N-methyl/N-ethyl adjacent to an activating group) is 1. The lowest BCUT2D eigenvalue weighted by Gasteiger charge is -2.36. The van der Waals surface area contributed by atoms with E-state index < -0.39 is 0 Å². The third kappa shape index (κ3) is 3.27. The van der Waals surface area contributed by atoms with Gasteiger partial charge in [-0.05, 0) is 29.9 Å². The molecular formula is C16H27N3. The molecule has 1 aliphatic carbocycles. The number of rotatable bonds is 2. The minimum absolute atomic E-state index is 0.158. The summed E-state index contributed by atoms with van der Waals surface area (Å²) in [5.41, 5.74) is 7.68. The van der Waals surface area contributed by atoms with Crippen LogP contribution in [0.25, 0.3) is 0 Å². The van der Waals surface area contributed by atoms with E-state index in [0.717, 1.165) is 12.2 Å². The van der Waals surface area contributed by atoms with Crippen molar-refractivity contribution < 1.29 is 0 Å². The number of nitrogens with zero attached hydrogens (tertiary/aromatic N) is 2. The Bertz CT molecular complexity index is 405. The molecule has 0 aromatic carbocycles. The maximum atomic E-state index is 6.25. The second kappa shape index (κ2) is 5.49. The van der Waals surface area contributed by atoms with Gasteiger partial charge >= 0.3 is 0 Å². The molecule has 0 bridgehead atoms. The molecule has 0 saturated heterocycles. The summed E-state index contributed by atoms with van der Waals surface area (Å²) in [7, 11) is 2.12. The highest BCUT2D eigenvalue weighted by Gasteiger charge is 2.26. The Hall–Kier alpha value is -1.09. The van der Waals surface area contributed by atoms with E-state index in [1.54, 1.807) is 0 Å². The van der Waals surface area contributed by atoms with Gasteiger partial charge in [0.05, 0.1) is 0 Å². The molecule has 0 aliphatic heterocycles. The first-order chi connectivity index (χ1) is 8.89. The summed E-state index contributed by atoms with van der Waals surface area (Å²) in [5, 5.41) is 0. The number of hydrogen-bond donors (Lipinski definition) is 1. The molecule has 0 radical (unpaired) electrons. The van der Waals surface area contributed by atoms with Crippen LogP contribution in [-0.2, 0) is 5.41 Å². The molecule has 1 aliphatic rings. The Labute approximate surface area is 117 Å². The molecule has 2 unspecified atom stereocenters. The Morgan fingerprint density at radius 3 is 2.42 bits per heavy atom. The maximum Gasteiger partial charge on any atom is 0.128 e. The zero-order valence-corrected chi connectivity index (χ0v) is 12.7. The van der Waals surface area contributed by atoms with Crippen LogP contribution >= 0.6 is 0 Å². The van der Waals surface area contributed by atoms with Crippen molar-refractivity contribution in [1.29, 1.82) is 0 Å². The SMILES string of the molecule is CN(c1ccc(C(C)(C)C)cn1)C1CCCCC1N. The number of anilines is 1. The van der Waals surface area contributed by atoms with Crippen LogP contribution < -0.4 is 10.6 Å². The minimum atomic E-state index is 0.158. The first-order valence-electron chi connectivity index (χ1n) is 7.34. The molecule has 1 aromatic rings. The first-order valence-corrected chi connectivity index (χ1v) is 7.34. The summed E-state index contributed by atoms with van der Waals surface area (Å²) in [6.45, 7) is 6.64. The molecule has 2 atom stereocenters. The van der Waals surface area contributed by atoms with Crippen molar-refractivity contribution in [1.82, 2.24) is 4.98 Å². The van der Waals surface area contributed by atoms with Gasteiger partial charge in [-0.2, -0.15) is 0 Å². The summed E-state index contributed by atoms with van der Waals surface area (Å²) in [6.07, 6.45) is 6.86. The molecule has 2 N–H and O–H groups in total. The van der Waals surface area contributed by atoms with Crippen LogP contribution in [0.3, 0.4) is 0 Å². The van der Waals surface area contributed by atoms with Crippen molar-refractivity contribution >= 4 is 5.82 Å². The molecule has 3 heteroatoms. The van der Waals surface area contributed by atoms with E-state index in [1.807, 2.05) is 6.20 Å². The van der Waals surface area contributed by atoms with Gasteiger partial charge in [0.1, 0.15) is 5.82 Å². The summed E-state index contributed by atoms with van der Waals surface area (Å²) in [6, 6.07) is 5.03. The van der Waals surface area contributed by atoms with Crippen molar-refractivity contribution in [2.75, 3.05) is 11.9 Å². The van der Waals surface area contributed by atoms with Crippen LogP contribution in [0.1, 0.15) is 52.0 Å². The lowest BCUT2D eigenvalue weighted by Crippen LogP contribution is -2.48. The molecule has 1 aromatic heterocycles. The number of pyridine rings is 1. The van der Waals surface area contributed by atoms with Crippen molar-refractivity contribution in [3.05, 3.63) is 23.9 Å². The van der Waals surface area contributed by atoms with Crippen LogP contribution in [-0.4, -0.2) is 24.1 Å². The molecule has 0 amide bonds. The normalized spacial score (nSPS) is 24.3. The maximum absolute atomic E-state index is 6.25. The molecule has 19 heavy (non-hydrogen) atoms. The largest absolute Gasteiger partial charge is 0.355 e. The van der Waals surface area contributed by atoms with Gasteiger partial charge in [0.2, 0.25) is 0 Å². The van der Waals surface area contributed by atoms with Gasteiger partial charge in [0, 0.05) is 25.3 Å². The predicted molar refractivity (Wildman–Crippen MR) is 81.6 cm³/mol. The molecular weight excluding hydrogens is 234 g/mol. The Morgan fingerprint density at radius 1 is 1.21 bits per heavy atom. The van der Waals surface area contributed by atoms with E-state index in [4.69, 9.17) is 5.73 Å². The molecule has 0 spiro atoms. The molecule has 2 rings (SSSR count). The monoisotopic (exact) mass is 261 g/mol. The van der Waals surface area contributed by atoms with Crippen LogP contribution in [0, 0.1) is 0 Å². The van der Waals surface area contributed by atoms with Crippen LogP contribution in [0.2, 0.25) is 0 Å². The fraction of sp³-hybridized carbons (Fsp3) is 0.688. The highest BCUT2D eigenvalue weighted by atomic mass is 15.2. The molecule has 1 heterocycles. The molecule has 1 fully saturated rings. The molecule has 106 valence electrons. The van der Waals surface area contributed by atoms with Gasteiger partial charge in [-0.1, -0.05) is 39.7 Å². The van der Waals surface area contributed by atoms with Crippen molar-refractivity contribution in [2.45, 2.75) is 64.0 Å². The molecule has 1 saturated carbocycles. The van der Waals surface area contributed by atoms with E-state index >= 15 is 0 Å². The van der Waals surface area contributed by atoms with Crippen molar-refractivity contribution in [2.24, 2.45) is 5.73 Å². The second-order valence-electron chi connectivity index (χ2n) is 6.78. The lowest BCUT2D eigenvalue weighted by atomic mass is 9.88. The minimum Gasteiger partial charge on any atom is -0.355 e. The summed E-state index contributed by atoms with van der Waals surface area (Å²) in [5.74, 6) is 1.04. The van der Waals surface area contributed by atoms with E-state index in [2.05, 4.69) is 49.8 Å². The van der Waals surface area contributed by atoms with Crippen LogP contribution in [0.4, 0.5) is 5.82 Å². The topological polar surface area (TPSA) is 42.2 Å². The zero-order valence-electron chi connectivity index (χ0n) is 12.7. The smallest absolute Gasteiger partial charge is 0.128 e. The van der Waals surface area contributed by atoms with Gasteiger partial charge < -0.3 is 10.6 Å². The highest BCUT2D eigenvalue weighted by molar-refractivity contribution is 5.41. The van der Waals surface area contributed by atoms with Crippen LogP contribution in [0.15, 0.2) is 18.3 Å². The lowest BCUT2D eigenvalue weighted by molar-refractivity contribution is 0.372. The average Bonchev–Trinajstić information content (AvgIpc) is 2.38. The van der Waals surface area contributed by atoms with Gasteiger partial charge in [0.25, 0.3) is 0 Å². The van der Waals surface area contributed by atoms with E-state index in [-0.39, 0.29) is 11.5 Å². The fourth-order valence-corrected chi connectivity index (χ4v) is 2.83. The summed E-state index contributed by atoms with van der Waals surface area (Å²) >= 11 is 0. The standard InChI is InChI=1S/C16H27N3/c1-16(2,3)12-9-10-15(18-11-12)19(4)14-8-6-5-7-13(14)17/h9-11,13-14H,5-8,17H2,1-4H3. The van der Waals surface area contributed by atoms with Gasteiger partial charge in [-0.25, -0.2) is 4.98 Å². The quantitative estimate of drug-likeness (QED) is 0.889. The predicted octanol–water partition coefficient (Wildman–Crippen LogP) is 3.09. The van der Waals surface area contributed by atoms with E-state index in [9.17, 15) is 0 Å². The number of aromatic nitrogens is 1. The summed E-state index contributed by atoms with van der Waals surface area (Å²) < 4.78 is 0. The average molecular weight is 261 g/mol. The zero-order chi connectivity index (χ0) is 14.0. The van der Waals surface area contributed by atoms with Crippen molar-refractivity contribution in [3.8, 4) is 0 Å².